The number of hydrogen-bond donors (Lipinski definition) is 2. The van der Waals surface area contributed by atoms with Crippen LogP contribution in [-0.4, -0.2) is 55.2 Å². The number of amides is 2. The zero-order chi connectivity index (χ0) is 26.6. The minimum absolute atomic E-state index is 0.00842. The summed E-state index contributed by atoms with van der Waals surface area (Å²) in [4.78, 5) is 33.0. The largest absolute Gasteiger partial charge is 0.334 e. The highest BCUT2D eigenvalue weighted by Gasteiger charge is 2.29. The van der Waals surface area contributed by atoms with E-state index >= 15 is 0 Å². The molecule has 0 bridgehead atoms. The summed E-state index contributed by atoms with van der Waals surface area (Å²) in [6.07, 6.45) is 6.76. The van der Waals surface area contributed by atoms with Crippen LogP contribution in [0.1, 0.15) is 41.9 Å². The topological polar surface area (TPSA) is 97.1 Å². The molecule has 4 aromatic rings. The first kappa shape index (κ1) is 25.9. The number of carbonyl (C=O) groups excluding carboxylic acids is 2. The molecule has 0 spiro atoms. The Morgan fingerprint density at radius 3 is 2.89 bits per heavy atom. The third-order valence-electron chi connectivity index (χ3n) is 6.69. The molecule has 0 radical (unpaired) electrons. The number of nitrogens with zero attached hydrogens (tertiary/aromatic N) is 5. The molecule has 9 nitrogen and oxygen atoms in total. The van der Waals surface area contributed by atoms with E-state index in [0.29, 0.717) is 29.8 Å². The number of likely N-dealkylation sites (tertiary alicyclic amines) is 1. The highest BCUT2D eigenvalue weighted by molar-refractivity contribution is 7.16. The summed E-state index contributed by atoms with van der Waals surface area (Å²) in [7, 11) is 0. The van der Waals surface area contributed by atoms with Gasteiger partial charge in [-0.25, -0.2) is 9.67 Å². The normalized spacial score (nSPS) is 15.4. The van der Waals surface area contributed by atoms with Crippen LogP contribution in [0.3, 0.4) is 0 Å². The quantitative estimate of drug-likeness (QED) is 0.295. The molecule has 1 aliphatic rings. The Kier molecular flexibility index (Phi) is 7.71. The third-order valence-corrected chi connectivity index (χ3v) is 7.77. The summed E-state index contributed by atoms with van der Waals surface area (Å²) in [6, 6.07) is 11.7. The van der Waals surface area contributed by atoms with Crippen molar-refractivity contribution in [3.05, 3.63) is 71.9 Å². The standard InChI is InChI=1S/C28H33N7O2S/c1-4-25(36)33-13-5-7-21(33)18-34-23-9-8-20(17-29-16-19(2)3)15-22(23)31-28(34)32-27(37)24-10-11-26(38-24)35-14-6-12-30-35/h4,6,8-12,14-15,19,21,29H,1,5,7,13,16-18H2,2-3H3,(H,31,32,37)/t21-/m1/s1. The van der Waals surface area contributed by atoms with Crippen molar-refractivity contribution in [2.24, 2.45) is 5.92 Å². The summed E-state index contributed by atoms with van der Waals surface area (Å²) in [5.41, 5.74) is 2.87. The number of hydrogen-bond acceptors (Lipinski definition) is 6. The Hall–Kier alpha value is -3.76. The Balaban J connectivity index is 1.44. The summed E-state index contributed by atoms with van der Waals surface area (Å²) in [5, 5.41) is 11.6. The number of aromatic nitrogens is 4. The summed E-state index contributed by atoms with van der Waals surface area (Å²) in [6.45, 7) is 11.0. The van der Waals surface area contributed by atoms with Crippen molar-refractivity contribution in [3.63, 3.8) is 0 Å². The molecule has 1 saturated heterocycles. The SMILES string of the molecule is C=CC(=O)N1CCC[C@@H]1Cn1c(NC(=O)c2ccc(-n3cccn3)s2)nc2cc(CNCC(C)C)ccc21. The molecule has 10 heteroatoms. The van der Waals surface area contributed by atoms with E-state index < -0.39 is 0 Å². The number of carbonyl (C=O) groups is 2. The zero-order valence-electron chi connectivity index (χ0n) is 21.8. The van der Waals surface area contributed by atoms with Crippen molar-refractivity contribution in [1.29, 1.82) is 0 Å². The number of imidazole rings is 1. The van der Waals surface area contributed by atoms with Gasteiger partial charge in [-0.05, 0) is 67.3 Å². The lowest BCUT2D eigenvalue weighted by molar-refractivity contribution is -0.126. The van der Waals surface area contributed by atoms with Crippen molar-refractivity contribution in [2.75, 3.05) is 18.4 Å². The molecular weight excluding hydrogens is 498 g/mol. The van der Waals surface area contributed by atoms with Crippen molar-refractivity contribution < 1.29 is 9.59 Å². The molecular formula is C28H33N7O2S. The van der Waals surface area contributed by atoms with E-state index in [9.17, 15) is 9.59 Å². The summed E-state index contributed by atoms with van der Waals surface area (Å²) >= 11 is 1.36. The van der Waals surface area contributed by atoms with E-state index in [-0.39, 0.29) is 17.9 Å². The van der Waals surface area contributed by atoms with Gasteiger partial charge in [0.05, 0.1) is 22.0 Å². The van der Waals surface area contributed by atoms with E-state index in [1.165, 1.54) is 17.4 Å². The zero-order valence-corrected chi connectivity index (χ0v) is 22.6. The highest BCUT2D eigenvalue weighted by Crippen LogP contribution is 2.27. The maximum atomic E-state index is 13.3. The smallest absolute Gasteiger partial charge is 0.268 e. The van der Waals surface area contributed by atoms with Gasteiger partial charge in [-0.3, -0.25) is 14.9 Å². The fraction of sp³-hybridized carbons (Fsp3) is 0.357. The first-order valence-electron chi connectivity index (χ1n) is 13.0. The molecule has 1 aliphatic heterocycles. The average Bonchev–Trinajstić information content (AvgIpc) is 3.70. The van der Waals surface area contributed by atoms with Crippen LogP contribution in [0.25, 0.3) is 16.0 Å². The maximum Gasteiger partial charge on any atom is 0.268 e. The second-order valence-corrected chi connectivity index (χ2v) is 11.0. The number of anilines is 1. The first-order valence-corrected chi connectivity index (χ1v) is 13.8. The number of fused-ring (bicyclic) bond motifs is 1. The van der Waals surface area contributed by atoms with Crippen molar-refractivity contribution >= 4 is 40.1 Å². The highest BCUT2D eigenvalue weighted by atomic mass is 32.1. The van der Waals surface area contributed by atoms with Gasteiger partial charge in [0.1, 0.15) is 5.00 Å². The summed E-state index contributed by atoms with van der Waals surface area (Å²) < 4.78 is 3.76. The lowest BCUT2D eigenvalue weighted by Gasteiger charge is -2.24. The molecule has 198 valence electrons. The molecule has 4 heterocycles. The van der Waals surface area contributed by atoms with Gasteiger partial charge in [0.2, 0.25) is 11.9 Å². The molecule has 1 fully saturated rings. The van der Waals surface area contributed by atoms with Crippen LogP contribution in [0.4, 0.5) is 5.95 Å². The van der Waals surface area contributed by atoms with Crippen LogP contribution in [0.5, 0.6) is 0 Å². The molecule has 0 aliphatic carbocycles. The molecule has 2 amide bonds. The fourth-order valence-electron chi connectivity index (χ4n) is 4.85. The lowest BCUT2D eigenvalue weighted by atomic mass is 10.1. The van der Waals surface area contributed by atoms with E-state index in [1.54, 1.807) is 16.9 Å². The average molecular weight is 532 g/mol. The number of nitrogens with one attached hydrogen (secondary N) is 2. The van der Waals surface area contributed by atoms with Gasteiger partial charge < -0.3 is 14.8 Å². The van der Waals surface area contributed by atoms with Crippen LogP contribution < -0.4 is 10.6 Å². The number of rotatable bonds is 10. The second-order valence-electron chi connectivity index (χ2n) is 9.97. The van der Waals surface area contributed by atoms with Crippen molar-refractivity contribution in [2.45, 2.75) is 45.8 Å². The Bertz CT molecular complexity index is 1440. The predicted molar refractivity (Wildman–Crippen MR) is 151 cm³/mol. The Labute approximate surface area is 226 Å². The van der Waals surface area contributed by atoms with Gasteiger partial charge in [-0.1, -0.05) is 26.5 Å². The van der Waals surface area contributed by atoms with E-state index in [1.807, 2.05) is 27.8 Å². The van der Waals surface area contributed by atoms with E-state index in [0.717, 1.165) is 47.5 Å². The van der Waals surface area contributed by atoms with Crippen LogP contribution >= 0.6 is 11.3 Å². The van der Waals surface area contributed by atoms with E-state index in [2.05, 4.69) is 54.4 Å². The molecule has 0 unspecified atom stereocenters. The van der Waals surface area contributed by atoms with E-state index in [4.69, 9.17) is 4.98 Å². The molecule has 38 heavy (non-hydrogen) atoms. The van der Waals surface area contributed by atoms with Gasteiger partial charge in [0.15, 0.2) is 0 Å². The Morgan fingerprint density at radius 2 is 2.13 bits per heavy atom. The number of benzene rings is 1. The van der Waals surface area contributed by atoms with Gasteiger partial charge in [-0.2, -0.15) is 5.10 Å². The van der Waals surface area contributed by atoms with Gasteiger partial charge in [-0.15, -0.1) is 11.3 Å². The van der Waals surface area contributed by atoms with Crippen molar-refractivity contribution in [1.82, 2.24) is 29.5 Å². The number of thiophene rings is 1. The third kappa shape index (κ3) is 5.56. The van der Waals surface area contributed by atoms with Gasteiger partial charge >= 0.3 is 0 Å². The lowest BCUT2D eigenvalue weighted by Crippen LogP contribution is -2.37. The van der Waals surface area contributed by atoms with Gasteiger partial charge in [0.25, 0.3) is 5.91 Å². The van der Waals surface area contributed by atoms with Crippen LogP contribution in [0.15, 0.2) is 61.4 Å². The Morgan fingerprint density at radius 1 is 1.26 bits per heavy atom. The minimum Gasteiger partial charge on any atom is -0.334 e. The molecule has 5 rings (SSSR count). The van der Waals surface area contributed by atoms with Gasteiger partial charge in [0, 0.05) is 32.0 Å². The first-order chi connectivity index (χ1) is 18.4. The summed E-state index contributed by atoms with van der Waals surface area (Å²) in [5.74, 6) is 0.752. The maximum absolute atomic E-state index is 13.3. The van der Waals surface area contributed by atoms with Crippen LogP contribution in [-0.2, 0) is 17.9 Å². The van der Waals surface area contributed by atoms with Crippen LogP contribution in [0.2, 0.25) is 0 Å². The van der Waals surface area contributed by atoms with Crippen LogP contribution in [0, 0.1) is 5.92 Å². The fourth-order valence-corrected chi connectivity index (χ4v) is 5.69. The van der Waals surface area contributed by atoms with Crippen molar-refractivity contribution in [3.8, 4) is 5.00 Å². The molecule has 2 N–H and O–H groups in total. The molecule has 1 atom stereocenters. The molecule has 3 aromatic heterocycles. The molecule has 0 saturated carbocycles. The predicted octanol–water partition coefficient (Wildman–Crippen LogP) is 4.46. The minimum atomic E-state index is -0.228. The monoisotopic (exact) mass is 531 g/mol. The molecule has 1 aromatic carbocycles. The second kappa shape index (κ2) is 11.3.